The van der Waals surface area contributed by atoms with Gasteiger partial charge in [0, 0.05) is 24.6 Å². The molecule has 1 aromatic heterocycles. The SMILES string of the molecule is Cc1cccc2c1N(C(=O)C=Cc1nnc(C(C)C)o1)CC2. The van der Waals surface area contributed by atoms with Crippen LogP contribution in [0.2, 0.25) is 0 Å². The van der Waals surface area contributed by atoms with Crippen LogP contribution in [0.1, 0.15) is 42.7 Å². The Bertz CT molecular complexity index is 731. The minimum Gasteiger partial charge on any atom is -0.421 e. The van der Waals surface area contributed by atoms with Crippen molar-refractivity contribution < 1.29 is 9.21 Å². The minimum absolute atomic E-state index is 0.0580. The number of hydrogen-bond donors (Lipinski definition) is 0. The Morgan fingerprint density at radius 2 is 2.18 bits per heavy atom. The molecule has 0 atom stereocenters. The van der Waals surface area contributed by atoms with Gasteiger partial charge in [0.15, 0.2) is 0 Å². The van der Waals surface area contributed by atoms with E-state index in [0.717, 1.165) is 17.7 Å². The fraction of sp³-hybridized carbons (Fsp3) is 0.353. The number of carbonyl (C=O) groups excluding carboxylic acids is 1. The molecule has 3 rings (SSSR count). The number of aromatic nitrogens is 2. The predicted octanol–water partition coefficient (Wildman–Crippen LogP) is 3.10. The van der Waals surface area contributed by atoms with Crippen LogP contribution < -0.4 is 4.90 Å². The van der Waals surface area contributed by atoms with E-state index in [-0.39, 0.29) is 11.8 Å². The Kier molecular flexibility index (Phi) is 3.79. The highest BCUT2D eigenvalue weighted by atomic mass is 16.4. The molecule has 1 aliphatic heterocycles. The van der Waals surface area contributed by atoms with Crippen LogP contribution in [0.4, 0.5) is 5.69 Å². The third-order valence-corrected chi connectivity index (χ3v) is 3.78. The highest BCUT2D eigenvalue weighted by Gasteiger charge is 2.24. The molecule has 0 fully saturated rings. The summed E-state index contributed by atoms with van der Waals surface area (Å²) in [5, 5.41) is 7.87. The largest absolute Gasteiger partial charge is 0.421 e. The molecule has 0 N–H and O–H groups in total. The van der Waals surface area contributed by atoms with Crippen LogP contribution in [0.5, 0.6) is 0 Å². The standard InChI is InChI=1S/C17H19N3O2/c1-11(2)17-19-18-14(22-17)7-8-15(21)20-10-9-13-6-4-5-12(3)16(13)20/h4-8,11H,9-10H2,1-3H3. The van der Waals surface area contributed by atoms with Gasteiger partial charge < -0.3 is 9.32 Å². The van der Waals surface area contributed by atoms with Gasteiger partial charge in [0.1, 0.15) is 0 Å². The van der Waals surface area contributed by atoms with E-state index < -0.39 is 0 Å². The van der Waals surface area contributed by atoms with Crippen LogP contribution in [0.15, 0.2) is 28.7 Å². The lowest BCUT2D eigenvalue weighted by Gasteiger charge is -2.17. The normalized spacial score (nSPS) is 14.1. The zero-order valence-electron chi connectivity index (χ0n) is 13.0. The third kappa shape index (κ3) is 2.66. The van der Waals surface area contributed by atoms with E-state index in [0.29, 0.717) is 18.3 Å². The summed E-state index contributed by atoms with van der Waals surface area (Å²) < 4.78 is 5.47. The lowest BCUT2D eigenvalue weighted by Crippen LogP contribution is -2.27. The summed E-state index contributed by atoms with van der Waals surface area (Å²) >= 11 is 0. The van der Waals surface area contributed by atoms with Crippen molar-refractivity contribution in [1.82, 2.24) is 10.2 Å². The molecule has 0 saturated heterocycles. The van der Waals surface area contributed by atoms with Crippen molar-refractivity contribution in [3.63, 3.8) is 0 Å². The van der Waals surface area contributed by atoms with Gasteiger partial charge in [0.05, 0.1) is 5.69 Å². The summed E-state index contributed by atoms with van der Waals surface area (Å²) in [6, 6.07) is 6.14. The zero-order valence-corrected chi connectivity index (χ0v) is 13.0. The summed E-state index contributed by atoms with van der Waals surface area (Å²) in [7, 11) is 0. The van der Waals surface area contributed by atoms with E-state index >= 15 is 0 Å². The maximum Gasteiger partial charge on any atom is 0.251 e. The minimum atomic E-state index is -0.0580. The lowest BCUT2D eigenvalue weighted by molar-refractivity contribution is -0.114. The van der Waals surface area contributed by atoms with Gasteiger partial charge in [0.25, 0.3) is 5.91 Å². The Morgan fingerprint density at radius 3 is 2.91 bits per heavy atom. The quantitative estimate of drug-likeness (QED) is 0.817. The fourth-order valence-corrected chi connectivity index (χ4v) is 2.65. The number of fused-ring (bicyclic) bond motifs is 1. The molecule has 22 heavy (non-hydrogen) atoms. The predicted molar refractivity (Wildman–Crippen MR) is 84.7 cm³/mol. The van der Waals surface area contributed by atoms with Gasteiger partial charge in [-0.25, -0.2) is 0 Å². The fourth-order valence-electron chi connectivity index (χ4n) is 2.65. The molecule has 0 bridgehead atoms. The first-order valence-corrected chi connectivity index (χ1v) is 7.47. The highest BCUT2D eigenvalue weighted by molar-refractivity contribution is 6.05. The van der Waals surface area contributed by atoms with Gasteiger partial charge in [0.2, 0.25) is 11.8 Å². The molecule has 0 spiro atoms. The maximum atomic E-state index is 12.4. The van der Waals surface area contributed by atoms with Crippen LogP contribution >= 0.6 is 0 Å². The molecule has 0 saturated carbocycles. The van der Waals surface area contributed by atoms with Crippen LogP contribution in [-0.2, 0) is 11.2 Å². The number of nitrogens with zero attached hydrogens (tertiary/aromatic N) is 3. The molecule has 1 aliphatic rings. The smallest absolute Gasteiger partial charge is 0.251 e. The van der Waals surface area contributed by atoms with Gasteiger partial charge in [-0.1, -0.05) is 32.0 Å². The zero-order chi connectivity index (χ0) is 15.7. The molecule has 5 heteroatoms. The summed E-state index contributed by atoms with van der Waals surface area (Å²) in [4.78, 5) is 14.2. The van der Waals surface area contributed by atoms with Gasteiger partial charge in [-0.15, -0.1) is 10.2 Å². The second-order valence-corrected chi connectivity index (χ2v) is 5.79. The molecular formula is C17H19N3O2. The average Bonchev–Trinajstić information content (AvgIpc) is 3.12. The Hall–Kier alpha value is -2.43. The molecule has 1 aromatic carbocycles. The number of aryl methyl sites for hydroxylation is 1. The van der Waals surface area contributed by atoms with E-state index in [9.17, 15) is 4.79 Å². The second kappa shape index (κ2) is 5.75. The summed E-state index contributed by atoms with van der Waals surface area (Å²) in [5.41, 5.74) is 3.38. The molecule has 114 valence electrons. The summed E-state index contributed by atoms with van der Waals surface area (Å²) in [5.74, 6) is 1.06. The van der Waals surface area contributed by atoms with E-state index in [4.69, 9.17) is 4.42 Å². The molecule has 0 unspecified atom stereocenters. The molecular weight excluding hydrogens is 278 g/mol. The van der Waals surface area contributed by atoms with Gasteiger partial charge in [-0.3, -0.25) is 4.79 Å². The Balaban J connectivity index is 1.77. The molecule has 0 aliphatic carbocycles. The van der Waals surface area contributed by atoms with Gasteiger partial charge in [-0.2, -0.15) is 0 Å². The first kappa shape index (κ1) is 14.5. The topological polar surface area (TPSA) is 59.2 Å². The van der Waals surface area contributed by atoms with Crippen LogP contribution in [-0.4, -0.2) is 22.6 Å². The molecule has 5 nitrogen and oxygen atoms in total. The number of para-hydroxylation sites is 1. The van der Waals surface area contributed by atoms with E-state index in [2.05, 4.69) is 16.3 Å². The second-order valence-electron chi connectivity index (χ2n) is 5.79. The molecule has 0 radical (unpaired) electrons. The Morgan fingerprint density at radius 1 is 1.36 bits per heavy atom. The van der Waals surface area contributed by atoms with Gasteiger partial charge >= 0.3 is 0 Å². The highest BCUT2D eigenvalue weighted by Crippen LogP contribution is 2.31. The number of amides is 1. The van der Waals surface area contributed by atoms with E-state index in [1.54, 1.807) is 11.0 Å². The van der Waals surface area contributed by atoms with Crippen LogP contribution in [0.3, 0.4) is 0 Å². The van der Waals surface area contributed by atoms with Crippen molar-refractivity contribution in [2.45, 2.75) is 33.1 Å². The van der Waals surface area contributed by atoms with Crippen molar-refractivity contribution in [2.24, 2.45) is 0 Å². The van der Waals surface area contributed by atoms with Crippen LogP contribution in [0.25, 0.3) is 6.08 Å². The van der Waals surface area contributed by atoms with E-state index in [1.807, 2.05) is 32.9 Å². The summed E-state index contributed by atoms with van der Waals surface area (Å²) in [6.45, 7) is 6.71. The third-order valence-electron chi connectivity index (χ3n) is 3.78. The van der Waals surface area contributed by atoms with Crippen LogP contribution in [0, 0.1) is 6.92 Å². The molecule has 2 heterocycles. The number of rotatable bonds is 3. The first-order chi connectivity index (χ1) is 10.6. The van der Waals surface area contributed by atoms with Crippen molar-refractivity contribution in [2.75, 3.05) is 11.4 Å². The first-order valence-electron chi connectivity index (χ1n) is 7.47. The molecule has 2 aromatic rings. The van der Waals surface area contributed by atoms with Crippen molar-refractivity contribution >= 4 is 17.7 Å². The van der Waals surface area contributed by atoms with Gasteiger partial charge in [-0.05, 0) is 24.5 Å². The number of hydrogen-bond acceptors (Lipinski definition) is 4. The van der Waals surface area contributed by atoms with Crippen molar-refractivity contribution in [3.05, 3.63) is 47.2 Å². The van der Waals surface area contributed by atoms with E-state index in [1.165, 1.54) is 11.6 Å². The van der Waals surface area contributed by atoms with Crippen molar-refractivity contribution in [1.29, 1.82) is 0 Å². The maximum absolute atomic E-state index is 12.4. The summed E-state index contributed by atoms with van der Waals surface area (Å²) in [6.07, 6.45) is 3.98. The number of benzene rings is 1. The molecule has 1 amide bonds. The Labute approximate surface area is 129 Å². The monoisotopic (exact) mass is 297 g/mol. The lowest BCUT2D eigenvalue weighted by atomic mass is 10.1. The average molecular weight is 297 g/mol. The number of carbonyl (C=O) groups is 1. The number of anilines is 1. The van der Waals surface area contributed by atoms with Crippen molar-refractivity contribution in [3.8, 4) is 0 Å².